The second-order valence-electron chi connectivity index (χ2n) is 5.68. The van der Waals surface area contributed by atoms with E-state index in [9.17, 15) is 14.0 Å². The maximum absolute atomic E-state index is 13.2. The fourth-order valence-corrected chi connectivity index (χ4v) is 3.04. The van der Waals surface area contributed by atoms with Gasteiger partial charge in [0.05, 0.1) is 18.3 Å². The number of nitrogens with zero attached hydrogens (tertiary/aromatic N) is 1. The normalized spacial score (nSPS) is 15.8. The second kappa shape index (κ2) is 7.14. The molecule has 0 saturated carbocycles. The van der Waals surface area contributed by atoms with Crippen LogP contribution >= 0.6 is 11.6 Å². The van der Waals surface area contributed by atoms with Crippen molar-refractivity contribution < 1.29 is 18.7 Å². The van der Waals surface area contributed by atoms with E-state index in [2.05, 4.69) is 0 Å². The second-order valence-corrected chi connectivity index (χ2v) is 6.12. The molecule has 1 amide bonds. The first-order chi connectivity index (χ1) is 12.4. The number of benzene rings is 2. The predicted molar refractivity (Wildman–Crippen MR) is 98.0 cm³/mol. The molecule has 0 atom stereocenters. The largest absolute Gasteiger partial charge is 0.465 e. The Hall–Kier alpha value is -2.92. The number of esters is 1. The molecule has 1 aliphatic heterocycles. The highest BCUT2D eigenvalue weighted by molar-refractivity contribution is 6.30. The van der Waals surface area contributed by atoms with E-state index in [1.807, 2.05) is 0 Å². The van der Waals surface area contributed by atoms with Gasteiger partial charge >= 0.3 is 5.97 Å². The minimum absolute atomic E-state index is 0.168. The van der Waals surface area contributed by atoms with Gasteiger partial charge in [0.2, 0.25) is 0 Å². The van der Waals surface area contributed by atoms with E-state index in [0.29, 0.717) is 22.0 Å². The smallest absolute Gasteiger partial charge is 0.340 e. The maximum Gasteiger partial charge on any atom is 0.340 e. The van der Waals surface area contributed by atoms with Crippen LogP contribution in [-0.2, 0) is 14.3 Å². The highest BCUT2D eigenvalue weighted by Gasteiger charge is 2.37. The van der Waals surface area contributed by atoms with Crippen molar-refractivity contribution in [1.29, 1.82) is 0 Å². The van der Waals surface area contributed by atoms with Gasteiger partial charge in [0, 0.05) is 16.4 Å². The summed E-state index contributed by atoms with van der Waals surface area (Å²) < 4.78 is 18.1. The van der Waals surface area contributed by atoms with Crippen molar-refractivity contribution in [3.63, 3.8) is 0 Å². The molecule has 0 spiro atoms. The van der Waals surface area contributed by atoms with Crippen molar-refractivity contribution in [1.82, 2.24) is 0 Å². The van der Waals surface area contributed by atoms with E-state index in [1.54, 1.807) is 37.3 Å². The van der Waals surface area contributed by atoms with Crippen LogP contribution in [-0.4, -0.2) is 19.0 Å². The molecule has 2 aromatic carbocycles. The Balaban J connectivity index is 2.13. The molecule has 1 heterocycles. The molecular weight excluding hydrogens is 357 g/mol. The Morgan fingerprint density at radius 3 is 2.50 bits per heavy atom. The van der Waals surface area contributed by atoms with Gasteiger partial charge in [0.1, 0.15) is 5.82 Å². The van der Waals surface area contributed by atoms with Crippen LogP contribution in [0.5, 0.6) is 0 Å². The third-order valence-electron chi connectivity index (χ3n) is 4.03. The number of halogens is 2. The number of carbonyl (C=O) groups excluding carboxylic acids is 2. The van der Waals surface area contributed by atoms with Crippen LogP contribution in [0.4, 0.5) is 10.1 Å². The van der Waals surface area contributed by atoms with E-state index in [-0.39, 0.29) is 11.1 Å². The third-order valence-corrected chi connectivity index (χ3v) is 4.27. The summed E-state index contributed by atoms with van der Waals surface area (Å²) in [4.78, 5) is 26.6. The number of anilines is 1. The Bertz CT molecular complexity index is 948. The molecule has 4 nitrogen and oxygen atoms in total. The van der Waals surface area contributed by atoms with Gasteiger partial charge < -0.3 is 4.74 Å². The maximum atomic E-state index is 13.2. The Morgan fingerprint density at radius 2 is 1.88 bits per heavy atom. The molecule has 0 bridgehead atoms. The van der Waals surface area contributed by atoms with Gasteiger partial charge in [-0.1, -0.05) is 23.7 Å². The summed E-state index contributed by atoms with van der Waals surface area (Å²) in [6.45, 7) is 1.65. The summed E-state index contributed by atoms with van der Waals surface area (Å²) in [7, 11) is 1.25. The van der Waals surface area contributed by atoms with Crippen LogP contribution in [0.25, 0.3) is 6.08 Å². The zero-order valence-electron chi connectivity index (χ0n) is 14.1. The van der Waals surface area contributed by atoms with Crippen molar-refractivity contribution in [2.45, 2.75) is 6.92 Å². The number of allylic oxidation sites excluding steroid dienone is 1. The lowest BCUT2D eigenvalue weighted by molar-refractivity contribution is -0.136. The van der Waals surface area contributed by atoms with E-state index in [4.69, 9.17) is 16.3 Å². The number of ether oxygens (including phenoxy) is 1. The first-order valence-electron chi connectivity index (χ1n) is 7.79. The zero-order chi connectivity index (χ0) is 18.8. The van der Waals surface area contributed by atoms with Crippen LogP contribution in [0.2, 0.25) is 5.02 Å². The highest BCUT2D eigenvalue weighted by atomic mass is 35.5. The Kier molecular flexibility index (Phi) is 4.91. The van der Waals surface area contributed by atoms with E-state index in [1.165, 1.54) is 36.3 Å². The summed E-state index contributed by atoms with van der Waals surface area (Å²) in [6.07, 6.45) is 1.59. The van der Waals surface area contributed by atoms with E-state index >= 15 is 0 Å². The first-order valence-corrected chi connectivity index (χ1v) is 8.17. The fraction of sp³-hybridized carbons (Fsp3) is 0.100. The summed E-state index contributed by atoms with van der Waals surface area (Å²) in [6, 6.07) is 12.4. The zero-order valence-corrected chi connectivity index (χ0v) is 14.9. The van der Waals surface area contributed by atoms with E-state index in [0.717, 1.165) is 0 Å². The molecule has 0 unspecified atom stereocenters. The van der Waals surface area contributed by atoms with Crippen molar-refractivity contribution >= 4 is 35.2 Å². The molecule has 0 radical (unpaired) electrons. The van der Waals surface area contributed by atoms with Gasteiger partial charge in [-0.05, 0) is 55.0 Å². The van der Waals surface area contributed by atoms with Crippen molar-refractivity contribution in [2.24, 2.45) is 0 Å². The van der Waals surface area contributed by atoms with Gasteiger partial charge in [-0.25, -0.2) is 9.18 Å². The number of amides is 1. The minimum atomic E-state index is -0.617. The number of hydrogen-bond donors (Lipinski definition) is 0. The number of hydrogen-bond acceptors (Lipinski definition) is 3. The van der Waals surface area contributed by atoms with Crippen LogP contribution in [0, 0.1) is 5.82 Å². The quantitative estimate of drug-likeness (QED) is 0.595. The van der Waals surface area contributed by atoms with E-state index < -0.39 is 17.7 Å². The summed E-state index contributed by atoms with van der Waals surface area (Å²) in [5.74, 6) is -1.42. The van der Waals surface area contributed by atoms with Crippen LogP contribution < -0.4 is 4.90 Å². The number of methoxy groups -OCH3 is 1. The van der Waals surface area contributed by atoms with Gasteiger partial charge in [-0.15, -0.1) is 0 Å². The monoisotopic (exact) mass is 371 g/mol. The predicted octanol–water partition coefficient (Wildman–Crippen LogP) is 4.36. The number of rotatable bonds is 3. The van der Waals surface area contributed by atoms with Crippen LogP contribution in [0.15, 0.2) is 65.4 Å². The average Bonchev–Trinajstić information content (AvgIpc) is 2.86. The van der Waals surface area contributed by atoms with Crippen LogP contribution in [0.3, 0.4) is 0 Å². The fourth-order valence-electron chi connectivity index (χ4n) is 2.84. The lowest BCUT2D eigenvalue weighted by atomic mass is 10.0. The molecule has 0 saturated heterocycles. The molecule has 26 heavy (non-hydrogen) atoms. The van der Waals surface area contributed by atoms with Gasteiger partial charge in [0.25, 0.3) is 5.91 Å². The summed E-state index contributed by atoms with van der Waals surface area (Å²) in [5, 5.41) is 0.514. The molecule has 0 N–H and O–H groups in total. The third kappa shape index (κ3) is 3.26. The molecule has 2 aromatic rings. The van der Waals surface area contributed by atoms with Crippen molar-refractivity contribution in [3.8, 4) is 0 Å². The SMILES string of the molecule is COC(=O)C1=C(C)N(c2ccc(F)cc2)C(=O)C1=Cc1cccc(Cl)c1. The Morgan fingerprint density at radius 1 is 1.19 bits per heavy atom. The van der Waals surface area contributed by atoms with Gasteiger partial charge in [-0.2, -0.15) is 0 Å². The standard InChI is InChI=1S/C20H15ClFNO3/c1-12-18(20(25)26-2)17(11-13-4-3-5-14(21)10-13)19(24)23(12)16-8-6-15(22)7-9-16/h3-11H,1-2H3. The summed E-state index contributed by atoms with van der Waals surface area (Å²) in [5.41, 5.74) is 1.92. The lowest BCUT2D eigenvalue weighted by Gasteiger charge is -2.17. The molecule has 3 rings (SSSR count). The molecular formula is C20H15ClFNO3. The van der Waals surface area contributed by atoms with Crippen molar-refractivity contribution in [2.75, 3.05) is 12.0 Å². The molecule has 0 aliphatic carbocycles. The first kappa shape index (κ1) is 17.9. The highest BCUT2D eigenvalue weighted by Crippen LogP contribution is 2.35. The molecule has 6 heteroatoms. The average molecular weight is 372 g/mol. The van der Waals surface area contributed by atoms with Crippen molar-refractivity contribution in [3.05, 3.63) is 81.8 Å². The number of carbonyl (C=O) groups is 2. The molecule has 132 valence electrons. The molecule has 0 fully saturated rings. The van der Waals surface area contributed by atoms with Gasteiger partial charge in [0.15, 0.2) is 0 Å². The van der Waals surface area contributed by atoms with Crippen LogP contribution in [0.1, 0.15) is 12.5 Å². The summed E-state index contributed by atoms with van der Waals surface area (Å²) >= 11 is 6.00. The minimum Gasteiger partial charge on any atom is -0.465 e. The topological polar surface area (TPSA) is 46.6 Å². The lowest BCUT2D eigenvalue weighted by Crippen LogP contribution is -2.24. The molecule has 0 aromatic heterocycles. The molecule has 1 aliphatic rings. The van der Waals surface area contributed by atoms with Gasteiger partial charge in [-0.3, -0.25) is 9.69 Å². The Labute approximate surface area is 155 Å².